The van der Waals surface area contributed by atoms with Gasteiger partial charge in [-0.2, -0.15) is 0 Å². The lowest BCUT2D eigenvalue weighted by atomic mass is 9.71. The van der Waals surface area contributed by atoms with E-state index in [9.17, 15) is 4.79 Å². The summed E-state index contributed by atoms with van der Waals surface area (Å²) >= 11 is 7.29. The fraction of sp³-hybridized carbons (Fsp3) is 0.472. The lowest BCUT2D eigenvalue weighted by Crippen LogP contribution is -2.34. The number of H-pyrrole nitrogens is 2. The minimum atomic E-state index is -0.448. The molecule has 2 aliphatic rings. The molecule has 8 bridgehead atoms. The van der Waals surface area contributed by atoms with Crippen LogP contribution < -0.4 is 0 Å². The van der Waals surface area contributed by atoms with E-state index in [1.54, 1.807) is 4.90 Å². The molecule has 5 rings (SSSR count). The highest BCUT2D eigenvalue weighted by molar-refractivity contribution is 9.09. The van der Waals surface area contributed by atoms with Gasteiger partial charge in [0.2, 0.25) is 5.91 Å². The predicted molar refractivity (Wildman–Crippen MR) is 192 cm³/mol. The van der Waals surface area contributed by atoms with Gasteiger partial charge in [-0.25, -0.2) is 4.98 Å². The lowest BCUT2D eigenvalue weighted by Gasteiger charge is -2.31. The fourth-order valence-corrected chi connectivity index (χ4v) is 7.45. The summed E-state index contributed by atoms with van der Waals surface area (Å²) in [4.78, 5) is 32.9. The highest BCUT2D eigenvalue weighted by atomic mass is 79.9. The zero-order valence-electron chi connectivity index (χ0n) is 27.1. The summed E-state index contributed by atoms with van der Waals surface area (Å²) in [6, 6.07) is 8.84. The van der Waals surface area contributed by atoms with Crippen LogP contribution in [0.4, 0.5) is 0 Å². The molecule has 0 aromatic carbocycles. The first-order valence-electron chi connectivity index (χ1n) is 15.7. The first-order valence-corrected chi connectivity index (χ1v) is 18.0. The third-order valence-corrected chi connectivity index (χ3v) is 10.7. The van der Waals surface area contributed by atoms with Gasteiger partial charge in [-0.3, -0.25) is 9.78 Å². The maximum atomic E-state index is 13.3. The first-order chi connectivity index (χ1) is 21.0. The molecule has 2 N–H and O–H groups in total. The molecule has 3 aromatic heterocycles. The average molecular weight is 724 g/mol. The summed E-state index contributed by atoms with van der Waals surface area (Å²) in [5, 5.41) is 1.91. The summed E-state index contributed by atoms with van der Waals surface area (Å²) in [5.41, 5.74) is 14.1. The largest absolute Gasteiger partial charge is 0.355 e. The number of carbonyl (C=O) groups excluding carboxylic acids is 1. The summed E-state index contributed by atoms with van der Waals surface area (Å²) in [6.45, 7) is 11.0. The van der Waals surface area contributed by atoms with Crippen molar-refractivity contribution in [2.45, 2.75) is 84.5 Å². The molecule has 0 spiro atoms. The Labute approximate surface area is 278 Å². The molecule has 0 aliphatic carbocycles. The third-order valence-electron chi connectivity index (χ3n) is 9.57. The van der Waals surface area contributed by atoms with Crippen LogP contribution in [0.25, 0.3) is 33.7 Å². The lowest BCUT2D eigenvalue weighted by molar-refractivity contribution is -0.130. The van der Waals surface area contributed by atoms with Gasteiger partial charge in [-0.05, 0) is 111 Å². The monoisotopic (exact) mass is 721 g/mol. The number of aromatic amines is 2. The van der Waals surface area contributed by atoms with Gasteiger partial charge < -0.3 is 14.9 Å². The van der Waals surface area contributed by atoms with Crippen LogP contribution in [0.15, 0.2) is 24.3 Å². The average Bonchev–Trinajstić information content (AvgIpc) is 3.64. The second kappa shape index (κ2) is 13.3. The summed E-state index contributed by atoms with van der Waals surface area (Å²) in [5.74, 6) is 0.207. The Morgan fingerprint density at radius 3 is 2.02 bits per heavy atom. The van der Waals surface area contributed by atoms with Gasteiger partial charge in [0.1, 0.15) is 0 Å². The number of carbonyl (C=O) groups is 1. The molecule has 3 aromatic rings. The normalized spacial score (nSPS) is 18.0. The molecule has 5 heterocycles. The number of hydrogen-bond donors (Lipinski definition) is 2. The Bertz CT molecular complexity index is 1770. The van der Waals surface area contributed by atoms with E-state index in [0.717, 1.165) is 93.2 Å². The van der Waals surface area contributed by atoms with Crippen LogP contribution >= 0.6 is 31.9 Å². The Morgan fingerprint density at radius 1 is 0.886 bits per heavy atom. The highest BCUT2D eigenvalue weighted by Gasteiger charge is 2.44. The van der Waals surface area contributed by atoms with Gasteiger partial charge >= 0.3 is 0 Å². The van der Waals surface area contributed by atoms with Crippen molar-refractivity contribution in [3.05, 3.63) is 69.3 Å². The molecule has 2 atom stereocenters. The minimum absolute atomic E-state index is 0.0933. The van der Waals surface area contributed by atoms with Crippen molar-refractivity contribution in [3.63, 3.8) is 0 Å². The molecule has 0 fully saturated rings. The number of halogens is 2. The topological polar surface area (TPSA) is 77.7 Å². The minimum Gasteiger partial charge on any atom is -0.355 e. The van der Waals surface area contributed by atoms with Crippen molar-refractivity contribution in [2.24, 2.45) is 0 Å². The Hall–Kier alpha value is -2.71. The number of fused-ring (bicyclic) bond motifs is 8. The van der Waals surface area contributed by atoms with Crippen molar-refractivity contribution in [3.8, 4) is 0 Å². The van der Waals surface area contributed by atoms with Crippen LogP contribution in [0.5, 0.6) is 0 Å². The SMILES string of the molecule is CC[C@@H]1c2cc3nc(cc4[nH]c(cc5[nH]c(cc(n2)[C@@]1(C)CC(=O)N(C)C)c(C)c5CCCBr)c(CCCBr)c4C)C=C3C. The third kappa shape index (κ3) is 6.21. The second-order valence-corrected chi connectivity index (χ2v) is 14.4. The number of allylic oxidation sites excluding steroid dienone is 1. The smallest absolute Gasteiger partial charge is 0.223 e. The molecule has 8 heteroatoms. The number of amides is 1. The quantitative estimate of drug-likeness (QED) is 0.217. The molecular weight excluding hydrogens is 678 g/mol. The van der Waals surface area contributed by atoms with Crippen LogP contribution in [-0.2, 0) is 23.1 Å². The van der Waals surface area contributed by atoms with E-state index in [-0.39, 0.29) is 11.8 Å². The first kappa shape index (κ1) is 32.7. The fourth-order valence-electron chi connectivity index (χ4n) is 6.89. The number of nitrogens with zero attached hydrogens (tertiary/aromatic N) is 3. The molecule has 1 amide bonds. The highest BCUT2D eigenvalue weighted by Crippen LogP contribution is 2.47. The van der Waals surface area contributed by atoms with E-state index in [0.29, 0.717) is 6.42 Å². The van der Waals surface area contributed by atoms with Crippen molar-refractivity contribution < 1.29 is 4.79 Å². The van der Waals surface area contributed by atoms with Crippen LogP contribution in [0.1, 0.15) is 97.4 Å². The van der Waals surface area contributed by atoms with Crippen LogP contribution in [0.3, 0.4) is 0 Å². The van der Waals surface area contributed by atoms with Crippen LogP contribution in [0, 0.1) is 13.8 Å². The summed E-state index contributed by atoms with van der Waals surface area (Å²) in [6.07, 6.45) is 7.49. The standard InChI is InChI=1S/C36H45Br2N5O/c1-8-27-33-17-28-21(2)15-24(39-28)16-29-22(3)25(11-9-13-37)31(40-29)18-32-26(12-10-14-38)23(4)30(41-32)19-34(42-33)36(27,5)20-35(44)43(6)7/h15-19,27,40-41H,8-14,20H2,1-7H3/t27-,36+/m1/s1. The number of aryl methyl sites for hydroxylation is 4. The molecule has 0 unspecified atom stereocenters. The number of rotatable bonds is 9. The van der Waals surface area contributed by atoms with Gasteiger partial charge in [0.15, 0.2) is 0 Å². The number of hydrogen-bond acceptors (Lipinski definition) is 3. The predicted octanol–water partition coefficient (Wildman–Crippen LogP) is 9.08. The van der Waals surface area contributed by atoms with E-state index in [4.69, 9.17) is 9.97 Å². The molecule has 2 aliphatic heterocycles. The van der Waals surface area contributed by atoms with E-state index >= 15 is 0 Å². The molecule has 234 valence electrons. The summed E-state index contributed by atoms with van der Waals surface area (Å²) in [7, 11) is 3.67. The van der Waals surface area contributed by atoms with Gasteiger partial charge in [-0.15, -0.1) is 0 Å². The maximum absolute atomic E-state index is 13.3. The molecule has 6 nitrogen and oxygen atoms in total. The van der Waals surface area contributed by atoms with Gasteiger partial charge in [0.25, 0.3) is 0 Å². The maximum Gasteiger partial charge on any atom is 0.223 e. The molecular formula is C36H45Br2N5O. The van der Waals surface area contributed by atoms with Gasteiger partial charge in [0.05, 0.1) is 11.4 Å². The van der Waals surface area contributed by atoms with Crippen molar-refractivity contribution in [2.75, 3.05) is 24.8 Å². The van der Waals surface area contributed by atoms with Crippen LogP contribution in [0.2, 0.25) is 0 Å². The number of aromatic nitrogens is 4. The van der Waals surface area contributed by atoms with Crippen molar-refractivity contribution >= 4 is 71.5 Å². The van der Waals surface area contributed by atoms with Crippen molar-refractivity contribution in [1.29, 1.82) is 0 Å². The molecule has 0 saturated heterocycles. The van der Waals surface area contributed by atoms with E-state index in [1.807, 2.05) is 14.1 Å². The Balaban J connectivity index is 1.91. The zero-order valence-corrected chi connectivity index (χ0v) is 30.3. The molecule has 0 saturated carbocycles. The van der Waals surface area contributed by atoms with E-state index in [1.165, 1.54) is 22.3 Å². The number of nitrogens with one attached hydrogen (secondary N) is 2. The van der Waals surface area contributed by atoms with Gasteiger partial charge in [0, 0.05) is 76.0 Å². The van der Waals surface area contributed by atoms with Crippen LogP contribution in [-0.4, -0.2) is 55.5 Å². The Kier molecular flexibility index (Phi) is 9.90. The Morgan fingerprint density at radius 2 is 1.48 bits per heavy atom. The van der Waals surface area contributed by atoms with Crippen molar-refractivity contribution in [1.82, 2.24) is 24.8 Å². The number of alkyl halides is 2. The van der Waals surface area contributed by atoms with E-state index in [2.05, 4.69) is 107 Å². The second-order valence-electron chi connectivity index (χ2n) is 12.8. The molecule has 0 radical (unpaired) electrons. The summed E-state index contributed by atoms with van der Waals surface area (Å²) < 4.78 is 0. The van der Waals surface area contributed by atoms with E-state index < -0.39 is 5.41 Å². The zero-order chi connectivity index (χ0) is 31.8. The van der Waals surface area contributed by atoms with Gasteiger partial charge in [-0.1, -0.05) is 45.7 Å². The molecule has 44 heavy (non-hydrogen) atoms.